The molecule has 4 rings (SSSR count). The molecule has 2 aromatic carbocycles. The third-order valence-corrected chi connectivity index (χ3v) is 6.77. The third-order valence-electron chi connectivity index (χ3n) is 5.37. The van der Waals surface area contributed by atoms with E-state index < -0.39 is 0 Å². The van der Waals surface area contributed by atoms with Gasteiger partial charge in [0.15, 0.2) is 0 Å². The predicted molar refractivity (Wildman–Crippen MR) is 113 cm³/mol. The number of rotatable bonds is 5. The highest BCUT2D eigenvalue weighted by molar-refractivity contribution is 8.00. The van der Waals surface area contributed by atoms with Crippen molar-refractivity contribution in [1.82, 2.24) is 5.32 Å². The number of thioether (sulfide) groups is 1. The van der Waals surface area contributed by atoms with Gasteiger partial charge in [0.2, 0.25) is 5.37 Å². The Balaban J connectivity index is 1.40. The van der Waals surface area contributed by atoms with Gasteiger partial charge >= 0.3 is 0 Å². The Labute approximate surface area is 175 Å². The Morgan fingerprint density at radius 1 is 1.17 bits per heavy atom. The number of benzene rings is 2. The van der Waals surface area contributed by atoms with E-state index in [0.717, 1.165) is 30.0 Å². The summed E-state index contributed by atoms with van der Waals surface area (Å²) in [4.78, 5) is 27.4. The highest BCUT2D eigenvalue weighted by atomic mass is 32.2. The molecule has 2 aliphatic rings. The highest BCUT2D eigenvalue weighted by Gasteiger charge is 2.36. The number of nitrogens with one attached hydrogen (secondary N) is 3. The van der Waals surface area contributed by atoms with Gasteiger partial charge in [0.1, 0.15) is 13.1 Å². The van der Waals surface area contributed by atoms with Crippen LogP contribution in [0.15, 0.2) is 47.4 Å². The number of fused-ring (bicyclic) bond motifs is 1. The van der Waals surface area contributed by atoms with Crippen LogP contribution in [0.5, 0.6) is 0 Å². The molecule has 0 aliphatic carbocycles. The lowest BCUT2D eigenvalue weighted by Gasteiger charge is -2.32. The molecule has 0 radical (unpaired) electrons. The molecular weight excluding hydrogens is 386 g/mol. The van der Waals surface area contributed by atoms with E-state index >= 15 is 0 Å². The maximum absolute atomic E-state index is 12.6. The summed E-state index contributed by atoms with van der Waals surface area (Å²) in [5.41, 5.74) is 3.60. The molecule has 2 aromatic rings. The average molecular weight is 413 g/mol. The minimum absolute atomic E-state index is 0.00651. The van der Waals surface area contributed by atoms with Crippen LogP contribution in [0.2, 0.25) is 0 Å². The van der Waals surface area contributed by atoms with Gasteiger partial charge in [-0.3, -0.25) is 9.59 Å². The number of aryl methyl sites for hydroxylation is 1. The van der Waals surface area contributed by atoms with Crippen LogP contribution in [0.1, 0.15) is 28.4 Å². The van der Waals surface area contributed by atoms with Crippen molar-refractivity contribution < 1.29 is 19.2 Å². The average Bonchev–Trinajstić information content (AvgIpc) is 2.77. The zero-order chi connectivity index (χ0) is 20.2. The predicted octanol–water partition coefficient (Wildman–Crippen LogP) is 1.46. The molecule has 1 unspecified atom stereocenters. The van der Waals surface area contributed by atoms with Gasteiger partial charge in [-0.1, -0.05) is 43.0 Å². The molecule has 152 valence electrons. The van der Waals surface area contributed by atoms with Gasteiger partial charge in [-0.25, -0.2) is 0 Å². The first kappa shape index (κ1) is 19.9. The summed E-state index contributed by atoms with van der Waals surface area (Å²) < 4.78 is 5.40. The summed E-state index contributed by atoms with van der Waals surface area (Å²) in [5.74, 6) is -0.152. The van der Waals surface area contributed by atoms with Crippen LogP contribution in [-0.4, -0.2) is 43.5 Å². The summed E-state index contributed by atoms with van der Waals surface area (Å²) in [6.07, 6.45) is 0.999. The maximum Gasteiger partial charge on any atom is 0.294 e. The summed E-state index contributed by atoms with van der Waals surface area (Å²) in [5, 5.41) is 5.77. The molecule has 0 aromatic heterocycles. The zero-order valence-electron chi connectivity index (χ0n) is 16.5. The van der Waals surface area contributed by atoms with Crippen LogP contribution in [0.25, 0.3) is 0 Å². The van der Waals surface area contributed by atoms with E-state index in [1.54, 1.807) is 17.8 Å². The molecule has 7 heteroatoms. The van der Waals surface area contributed by atoms with Crippen LogP contribution >= 0.6 is 11.8 Å². The fraction of sp³-hybridized carbons (Fsp3) is 0.364. The quantitative estimate of drug-likeness (QED) is 0.696. The lowest BCUT2D eigenvalue weighted by Crippen LogP contribution is -3.18. The van der Waals surface area contributed by atoms with E-state index in [1.165, 1.54) is 10.5 Å². The van der Waals surface area contributed by atoms with Gasteiger partial charge in [0.25, 0.3) is 11.8 Å². The van der Waals surface area contributed by atoms with Crippen LogP contribution in [0.4, 0.5) is 5.69 Å². The van der Waals surface area contributed by atoms with Crippen molar-refractivity contribution in [3.05, 3.63) is 59.2 Å². The highest BCUT2D eigenvalue weighted by Crippen LogP contribution is 2.34. The van der Waals surface area contributed by atoms with Crippen molar-refractivity contribution in [2.45, 2.75) is 30.2 Å². The van der Waals surface area contributed by atoms with Crippen LogP contribution < -0.4 is 15.5 Å². The summed E-state index contributed by atoms with van der Waals surface area (Å²) in [6.45, 7) is 5.64. The molecule has 3 N–H and O–H groups in total. The standard InChI is InChI=1S/C22H25N3O3S/c1-2-15-3-5-16(6-4-15)14-23-20(26)17-7-8-19-18(13-17)24-21(27)22(29-19)25-9-11-28-12-10-25/h3-8,13,22H,2,9-12,14H2,1H3,(H,23,26)(H,24,27)/p+1. The molecular formula is C22H26N3O3S+. The number of hydrogen-bond donors (Lipinski definition) is 3. The first-order chi connectivity index (χ1) is 14.1. The van der Waals surface area contributed by atoms with E-state index in [0.29, 0.717) is 31.0 Å². The number of carbonyl (C=O) groups is 2. The lowest BCUT2D eigenvalue weighted by molar-refractivity contribution is -0.909. The third kappa shape index (κ3) is 4.63. The molecule has 1 atom stereocenters. The Bertz CT molecular complexity index is 895. The molecule has 1 fully saturated rings. The second-order valence-electron chi connectivity index (χ2n) is 7.32. The molecule has 0 saturated carbocycles. The Hall–Kier alpha value is -2.35. The first-order valence-corrected chi connectivity index (χ1v) is 10.9. The van der Waals surface area contributed by atoms with E-state index in [1.807, 2.05) is 24.3 Å². The van der Waals surface area contributed by atoms with E-state index in [2.05, 4.69) is 29.7 Å². The second-order valence-corrected chi connectivity index (χ2v) is 8.47. The van der Waals surface area contributed by atoms with E-state index in [-0.39, 0.29) is 17.2 Å². The molecule has 29 heavy (non-hydrogen) atoms. The van der Waals surface area contributed by atoms with Gasteiger partial charge in [-0.05, 0) is 35.7 Å². The van der Waals surface area contributed by atoms with Crippen LogP contribution in [0.3, 0.4) is 0 Å². The van der Waals surface area contributed by atoms with Crippen molar-refractivity contribution in [2.75, 3.05) is 31.6 Å². The van der Waals surface area contributed by atoms with Gasteiger partial charge in [0, 0.05) is 17.0 Å². The Morgan fingerprint density at radius 3 is 2.62 bits per heavy atom. The SMILES string of the molecule is CCc1ccc(CNC(=O)c2ccc3c(c2)NC(=O)C([NH+]2CCOCC2)S3)cc1. The first-order valence-electron chi connectivity index (χ1n) is 10.0. The lowest BCUT2D eigenvalue weighted by atomic mass is 10.1. The maximum atomic E-state index is 12.6. The number of hydrogen-bond acceptors (Lipinski definition) is 4. The number of ether oxygens (including phenoxy) is 1. The van der Waals surface area contributed by atoms with Gasteiger partial charge in [0.05, 0.1) is 18.9 Å². The van der Waals surface area contributed by atoms with Crippen molar-refractivity contribution in [2.24, 2.45) is 0 Å². The van der Waals surface area contributed by atoms with Crippen molar-refractivity contribution in [3.63, 3.8) is 0 Å². The minimum Gasteiger partial charge on any atom is -0.370 e. The van der Waals surface area contributed by atoms with Gasteiger partial charge in [-0.15, -0.1) is 0 Å². The topological polar surface area (TPSA) is 71.9 Å². The Kier molecular flexibility index (Phi) is 6.18. The van der Waals surface area contributed by atoms with E-state index in [9.17, 15) is 9.59 Å². The van der Waals surface area contributed by atoms with Crippen molar-refractivity contribution >= 4 is 29.3 Å². The van der Waals surface area contributed by atoms with Crippen LogP contribution in [-0.2, 0) is 22.5 Å². The molecule has 2 heterocycles. The molecule has 6 nitrogen and oxygen atoms in total. The number of amides is 2. The van der Waals surface area contributed by atoms with Crippen LogP contribution in [0, 0.1) is 0 Å². The smallest absolute Gasteiger partial charge is 0.294 e. The van der Waals surface area contributed by atoms with Crippen molar-refractivity contribution in [3.8, 4) is 0 Å². The fourth-order valence-corrected chi connectivity index (χ4v) is 4.80. The zero-order valence-corrected chi connectivity index (χ0v) is 17.3. The molecule has 2 aliphatic heterocycles. The summed E-state index contributed by atoms with van der Waals surface area (Å²) >= 11 is 1.57. The minimum atomic E-state index is -0.169. The number of carbonyl (C=O) groups excluding carboxylic acids is 2. The number of morpholine rings is 1. The molecule has 1 saturated heterocycles. The second kappa shape index (κ2) is 8.98. The monoisotopic (exact) mass is 412 g/mol. The Morgan fingerprint density at radius 2 is 1.90 bits per heavy atom. The van der Waals surface area contributed by atoms with Gasteiger partial charge in [-0.2, -0.15) is 0 Å². The molecule has 0 spiro atoms. The van der Waals surface area contributed by atoms with E-state index in [4.69, 9.17) is 4.74 Å². The largest absolute Gasteiger partial charge is 0.370 e. The number of quaternary nitrogens is 1. The summed E-state index contributed by atoms with van der Waals surface area (Å²) in [6, 6.07) is 13.8. The molecule has 0 bridgehead atoms. The summed E-state index contributed by atoms with van der Waals surface area (Å²) in [7, 11) is 0. The number of anilines is 1. The fourth-order valence-electron chi connectivity index (χ4n) is 3.59. The normalized spacial score (nSPS) is 19.3. The van der Waals surface area contributed by atoms with Crippen molar-refractivity contribution in [1.29, 1.82) is 0 Å². The van der Waals surface area contributed by atoms with Gasteiger partial charge < -0.3 is 20.3 Å². The molecule has 2 amide bonds.